The number of aromatic amines is 1. The lowest BCUT2D eigenvalue weighted by Crippen LogP contribution is -2.30. The van der Waals surface area contributed by atoms with Crippen molar-refractivity contribution in [3.8, 4) is 0 Å². The summed E-state index contributed by atoms with van der Waals surface area (Å²) in [5.41, 5.74) is 0. The molecule has 0 amide bonds. The third-order valence-corrected chi connectivity index (χ3v) is 3.82. The third kappa shape index (κ3) is 3.94. The molecule has 106 valence electrons. The van der Waals surface area contributed by atoms with E-state index < -0.39 is 0 Å². The van der Waals surface area contributed by atoms with Gasteiger partial charge in [-0.05, 0) is 31.1 Å². The molecule has 0 radical (unpaired) electrons. The van der Waals surface area contributed by atoms with Crippen LogP contribution in [-0.4, -0.2) is 46.6 Å². The maximum atomic E-state index is 4.32. The van der Waals surface area contributed by atoms with Gasteiger partial charge in [0.15, 0.2) is 0 Å². The highest BCUT2D eigenvalue weighted by Crippen LogP contribution is 2.30. The van der Waals surface area contributed by atoms with Crippen molar-refractivity contribution in [2.45, 2.75) is 39.2 Å². The van der Waals surface area contributed by atoms with Gasteiger partial charge in [-0.15, -0.1) is 5.10 Å². The highest BCUT2D eigenvalue weighted by atomic mass is 15.3. The van der Waals surface area contributed by atoms with Crippen LogP contribution in [0.5, 0.6) is 0 Å². The molecule has 19 heavy (non-hydrogen) atoms. The van der Waals surface area contributed by atoms with E-state index in [-0.39, 0.29) is 0 Å². The van der Waals surface area contributed by atoms with E-state index in [0.717, 1.165) is 11.8 Å². The van der Waals surface area contributed by atoms with Crippen LogP contribution in [0.1, 0.15) is 33.1 Å². The van der Waals surface area contributed by atoms with Crippen molar-refractivity contribution in [3.63, 3.8) is 0 Å². The molecule has 1 saturated carbocycles. The van der Waals surface area contributed by atoms with Crippen molar-refractivity contribution >= 4 is 18.2 Å². The summed E-state index contributed by atoms with van der Waals surface area (Å²) in [5.74, 6) is 2.77. The first-order valence-corrected chi connectivity index (χ1v) is 6.94. The van der Waals surface area contributed by atoms with Gasteiger partial charge in [-0.25, -0.2) is 10.1 Å². The van der Waals surface area contributed by atoms with E-state index in [1.807, 2.05) is 19.0 Å². The quantitative estimate of drug-likeness (QED) is 0.646. The van der Waals surface area contributed by atoms with Crippen molar-refractivity contribution in [2.75, 3.05) is 19.4 Å². The summed E-state index contributed by atoms with van der Waals surface area (Å²) >= 11 is 0. The third-order valence-electron chi connectivity index (χ3n) is 3.82. The molecule has 1 aromatic rings. The normalized spacial score (nSPS) is 27.7. The molecule has 3 atom stereocenters. The Hall–Kier alpha value is -1.59. The molecule has 2 N–H and O–H groups in total. The van der Waals surface area contributed by atoms with Crippen LogP contribution in [0.3, 0.4) is 0 Å². The molecular formula is C13H24N6. The first-order chi connectivity index (χ1) is 9.04. The van der Waals surface area contributed by atoms with Crippen LogP contribution in [0.4, 0.5) is 11.9 Å². The van der Waals surface area contributed by atoms with Gasteiger partial charge in [0.1, 0.15) is 0 Å². The molecule has 1 aliphatic carbocycles. The molecule has 1 aromatic heterocycles. The largest absolute Gasteiger partial charge is 0.369 e. The SMILES string of the molecule is C[C@@H]1CC[C@@H](Nc2n[nH]c(N=CN(C)C)n2)C[C@H]1C. The lowest BCUT2D eigenvalue weighted by Gasteiger charge is -2.32. The highest BCUT2D eigenvalue weighted by molar-refractivity contribution is 5.57. The molecule has 2 rings (SSSR count). The van der Waals surface area contributed by atoms with Crippen molar-refractivity contribution < 1.29 is 0 Å². The highest BCUT2D eigenvalue weighted by Gasteiger charge is 2.25. The van der Waals surface area contributed by atoms with Crippen LogP contribution >= 0.6 is 0 Å². The monoisotopic (exact) mass is 264 g/mol. The average Bonchev–Trinajstić information content (AvgIpc) is 2.79. The number of aromatic nitrogens is 3. The van der Waals surface area contributed by atoms with Gasteiger partial charge >= 0.3 is 0 Å². The molecule has 1 heterocycles. The van der Waals surface area contributed by atoms with Crippen LogP contribution in [0.25, 0.3) is 0 Å². The van der Waals surface area contributed by atoms with Crippen LogP contribution in [0.2, 0.25) is 0 Å². The predicted octanol–water partition coefficient (Wildman–Crippen LogP) is 2.26. The van der Waals surface area contributed by atoms with Crippen LogP contribution in [0, 0.1) is 11.8 Å². The molecular weight excluding hydrogens is 240 g/mol. The van der Waals surface area contributed by atoms with Gasteiger partial charge in [0, 0.05) is 20.1 Å². The zero-order chi connectivity index (χ0) is 13.8. The Morgan fingerprint density at radius 2 is 2.11 bits per heavy atom. The Labute approximate surface area is 114 Å². The maximum Gasteiger partial charge on any atom is 0.248 e. The standard InChI is InChI=1S/C13H24N6/c1-9-5-6-11(7-10(9)2)15-13-16-12(17-18-13)14-8-19(3)4/h8-11H,5-7H2,1-4H3,(H2,15,16,17,18)/t9-,10-,11-/m1/s1. The number of nitrogens with one attached hydrogen (secondary N) is 2. The van der Waals surface area contributed by atoms with Gasteiger partial charge in [-0.1, -0.05) is 13.8 Å². The van der Waals surface area contributed by atoms with E-state index in [9.17, 15) is 0 Å². The number of anilines is 1. The fourth-order valence-electron chi connectivity index (χ4n) is 2.41. The van der Waals surface area contributed by atoms with Crippen LogP contribution in [-0.2, 0) is 0 Å². The predicted molar refractivity (Wildman–Crippen MR) is 77.8 cm³/mol. The van der Waals surface area contributed by atoms with E-state index in [1.54, 1.807) is 6.34 Å². The molecule has 0 spiro atoms. The molecule has 0 saturated heterocycles. The van der Waals surface area contributed by atoms with Crippen molar-refractivity contribution in [2.24, 2.45) is 16.8 Å². The fraction of sp³-hybridized carbons (Fsp3) is 0.769. The van der Waals surface area contributed by atoms with E-state index in [2.05, 4.69) is 39.3 Å². The molecule has 0 unspecified atom stereocenters. The minimum absolute atomic E-state index is 0.479. The fourth-order valence-corrected chi connectivity index (χ4v) is 2.41. The minimum atomic E-state index is 0.479. The first kappa shape index (κ1) is 13.8. The van der Waals surface area contributed by atoms with E-state index in [1.165, 1.54) is 19.3 Å². The minimum Gasteiger partial charge on any atom is -0.369 e. The summed E-state index contributed by atoms with van der Waals surface area (Å²) < 4.78 is 0. The molecule has 0 aliphatic heterocycles. The average molecular weight is 264 g/mol. The lowest BCUT2D eigenvalue weighted by atomic mass is 9.79. The Morgan fingerprint density at radius 3 is 2.79 bits per heavy atom. The van der Waals surface area contributed by atoms with Crippen LogP contribution in [0.15, 0.2) is 4.99 Å². The zero-order valence-corrected chi connectivity index (χ0v) is 12.2. The van der Waals surface area contributed by atoms with E-state index >= 15 is 0 Å². The van der Waals surface area contributed by atoms with Gasteiger partial charge in [0.2, 0.25) is 11.9 Å². The van der Waals surface area contributed by atoms with Crippen LogP contribution < -0.4 is 5.32 Å². The molecule has 0 bridgehead atoms. The summed E-state index contributed by atoms with van der Waals surface area (Å²) in [6, 6.07) is 0.479. The van der Waals surface area contributed by atoms with Gasteiger partial charge < -0.3 is 10.2 Å². The van der Waals surface area contributed by atoms with Crippen molar-refractivity contribution in [1.82, 2.24) is 20.1 Å². The van der Waals surface area contributed by atoms with Gasteiger partial charge in [-0.2, -0.15) is 4.98 Å². The van der Waals surface area contributed by atoms with Crippen molar-refractivity contribution in [1.29, 1.82) is 0 Å². The molecule has 6 nitrogen and oxygen atoms in total. The van der Waals surface area contributed by atoms with E-state index in [4.69, 9.17) is 0 Å². The Kier molecular flexibility index (Phi) is 4.39. The summed E-state index contributed by atoms with van der Waals surface area (Å²) in [5, 5.41) is 10.4. The molecule has 0 aromatic carbocycles. The maximum absolute atomic E-state index is 4.32. The lowest BCUT2D eigenvalue weighted by molar-refractivity contribution is 0.260. The van der Waals surface area contributed by atoms with Gasteiger partial charge in [0.25, 0.3) is 0 Å². The van der Waals surface area contributed by atoms with E-state index in [0.29, 0.717) is 17.9 Å². The Balaban J connectivity index is 1.89. The molecule has 1 aliphatic rings. The second-order valence-corrected chi connectivity index (χ2v) is 5.80. The zero-order valence-electron chi connectivity index (χ0n) is 12.2. The Bertz CT molecular complexity index is 425. The second kappa shape index (κ2) is 6.04. The van der Waals surface area contributed by atoms with Crippen molar-refractivity contribution in [3.05, 3.63) is 0 Å². The number of H-pyrrole nitrogens is 1. The number of aliphatic imine (C=N–C) groups is 1. The second-order valence-electron chi connectivity index (χ2n) is 5.80. The van der Waals surface area contributed by atoms with Gasteiger partial charge in [-0.3, -0.25) is 0 Å². The number of hydrogen-bond acceptors (Lipinski definition) is 4. The molecule has 1 fully saturated rings. The Morgan fingerprint density at radius 1 is 1.32 bits per heavy atom. The number of hydrogen-bond donors (Lipinski definition) is 2. The summed E-state index contributed by atoms with van der Waals surface area (Å²) in [4.78, 5) is 10.4. The van der Waals surface area contributed by atoms with Gasteiger partial charge in [0.05, 0.1) is 6.34 Å². The topological polar surface area (TPSA) is 69.2 Å². The number of rotatable bonds is 4. The summed E-state index contributed by atoms with van der Waals surface area (Å²) in [7, 11) is 3.84. The first-order valence-electron chi connectivity index (χ1n) is 6.94. The summed E-state index contributed by atoms with van der Waals surface area (Å²) in [6.07, 6.45) is 5.35. The smallest absolute Gasteiger partial charge is 0.248 e. The summed E-state index contributed by atoms with van der Waals surface area (Å²) in [6.45, 7) is 4.66. The molecule has 6 heteroatoms. The number of nitrogens with zero attached hydrogens (tertiary/aromatic N) is 4.